The number of carbonyl (C=O) groups excluding carboxylic acids is 2. The normalized spacial score (nSPS) is 11.6. The lowest BCUT2D eigenvalue weighted by Crippen LogP contribution is -2.34. The molecule has 2 N–H and O–H groups in total. The van der Waals surface area contributed by atoms with Crippen LogP contribution in [0, 0.1) is 0 Å². The summed E-state index contributed by atoms with van der Waals surface area (Å²) >= 11 is 5.10. The van der Waals surface area contributed by atoms with Gasteiger partial charge in [0.2, 0.25) is 32.1 Å². The van der Waals surface area contributed by atoms with E-state index in [0.717, 1.165) is 43.8 Å². The number of nitrogens with one attached hydrogen (secondary N) is 2. The van der Waals surface area contributed by atoms with Crippen LogP contribution < -0.4 is 10.6 Å². The predicted octanol–water partition coefficient (Wildman–Crippen LogP) is 1.06. The Kier molecular flexibility index (Phi) is 8.56. The highest BCUT2D eigenvalue weighted by Crippen LogP contribution is 2.27. The molecule has 0 radical (unpaired) electrons. The second-order valence-corrected chi connectivity index (χ2v) is 11.9. The fourth-order valence-electron chi connectivity index (χ4n) is 1.52. The molecule has 0 atom stereocenters. The number of hydrogen-bond donors (Lipinski definition) is 2. The molecule has 0 bridgehead atoms. The van der Waals surface area contributed by atoms with Gasteiger partial charge >= 0.3 is 0 Å². The number of amides is 2. The average Bonchev–Trinajstić information content (AvgIpc) is 3.22. The fraction of sp³-hybridized carbons (Fsp3) is 0.500. The van der Waals surface area contributed by atoms with Gasteiger partial charge in [0.15, 0.2) is 8.68 Å². The van der Waals surface area contributed by atoms with E-state index in [4.69, 9.17) is 0 Å². The molecule has 0 saturated carbocycles. The van der Waals surface area contributed by atoms with Gasteiger partial charge in [0.05, 0.1) is 18.6 Å². The summed E-state index contributed by atoms with van der Waals surface area (Å²) in [5.74, 6) is 0.175. The van der Waals surface area contributed by atoms with Crippen molar-refractivity contribution in [2.75, 3.05) is 42.0 Å². The zero-order chi connectivity index (χ0) is 20.7. The maximum atomic E-state index is 12.0. The molecule has 2 aromatic rings. The molecule has 2 aromatic heterocycles. The van der Waals surface area contributed by atoms with Crippen molar-refractivity contribution >= 4 is 78.3 Å². The highest BCUT2D eigenvalue weighted by Gasteiger charge is 2.17. The van der Waals surface area contributed by atoms with Gasteiger partial charge in [-0.15, -0.1) is 20.4 Å². The largest absolute Gasteiger partial charge is 0.300 e. The first-order valence-electron chi connectivity index (χ1n) is 7.61. The molecule has 0 aliphatic rings. The molecule has 28 heavy (non-hydrogen) atoms. The molecule has 11 nitrogen and oxygen atoms in total. The van der Waals surface area contributed by atoms with Crippen molar-refractivity contribution < 1.29 is 18.0 Å². The first kappa shape index (κ1) is 23.0. The molecule has 2 rings (SSSR count). The number of thioether (sulfide) groups is 2. The number of hydrogen-bond acceptors (Lipinski definition) is 12. The molecule has 16 heteroatoms. The second-order valence-electron chi connectivity index (χ2n) is 5.08. The molecule has 0 spiro atoms. The van der Waals surface area contributed by atoms with Crippen LogP contribution >= 0.6 is 46.2 Å². The highest BCUT2D eigenvalue weighted by atomic mass is 32.2. The van der Waals surface area contributed by atoms with Gasteiger partial charge in [-0.05, 0) is 5.75 Å². The third-order valence-electron chi connectivity index (χ3n) is 2.83. The summed E-state index contributed by atoms with van der Waals surface area (Å²) in [4.78, 5) is 23.8. The summed E-state index contributed by atoms with van der Waals surface area (Å²) in [6.07, 6.45) is 1.01. The molecule has 0 aliphatic heterocycles. The third-order valence-corrected chi connectivity index (χ3v) is 7.92. The first-order valence-corrected chi connectivity index (χ1v) is 13.1. The Morgan fingerprint density at radius 2 is 1.54 bits per heavy atom. The molecule has 0 aliphatic carbocycles. The van der Waals surface area contributed by atoms with E-state index in [1.54, 1.807) is 11.8 Å². The number of sulfonamides is 1. The Morgan fingerprint density at radius 1 is 1.00 bits per heavy atom. The van der Waals surface area contributed by atoms with Gasteiger partial charge in [-0.25, -0.2) is 8.42 Å². The Bertz CT molecular complexity index is 928. The monoisotopic (exact) mass is 483 g/mol. The van der Waals surface area contributed by atoms with Crippen molar-refractivity contribution in [1.82, 2.24) is 24.7 Å². The molecule has 0 fully saturated rings. The molecule has 154 valence electrons. The molecular weight excluding hydrogens is 467 g/mol. The van der Waals surface area contributed by atoms with Gasteiger partial charge in [-0.3, -0.25) is 20.2 Å². The summed E-state index contributed by atoms with van der Waals surface area (Å²) in [5.41, 5.74) is 0. The van der Waals surface area contributed by atoms with E-state index in [2.05, 4.69) is 31.0 Å². The van der Waals surface area contributed by atoms with Crippen molar-refractivity contribution in [2.24, 2.45) is 0 Å². The molecule has 2 amide bonds. The number of aromatic nitrogens is 4. The minimum atomic E-state index is -3.45. The molecule has 0 saturated heterocycles. The summed E-state index contributed by atoms with van der Waals surface area (Å²) in [5, 5.41) is 21.3. The molecular formula is C12H17N7O4S5. The fourth-order valence-corrected chi connectivity index (χ4v) is 5.11. The maximum Gasteiger partial charge on any atom is 0.241 e. The minimum absolute atomic E-state index is 0.0925. The second kappa shape index (κ2) is 10.4. The van der Waals surface area contributed by atoms with Crippen LogP contribution in [-0.4, -0.2) is 76.3 Å². The van der Waals surface area contributed by atoms with Crippen LogP contribution in [0.1, 0.15) is 6.92 Å². The predicted molar refractivity (Wildman–Crippen MR) is 112 cm³/mol. The van der Waals surface area contributed by atoms with Gasteiger partial charge < -0.3 is 0 Å². The van der Waals surface area contributed by atoms with E-state index in [1.165, 1.54) is 18.4 Å². The van der Waals surface area contributed by atoms with Crippen LogP contribution in [0.25, 0.3) is 0 Å². The molecule has 0 unspecified atom stereocenters. The Balaban J connectivity index is 1.78. The Labute approximate surface area is 178 Å². The highest BCUT2D eigenvalue weighted by molar-refractivity contribution is 8.01. The quantitative estimate of drug-likeness (QED) is 0.371. The number of carbonyl (C=O) groups is 2. The van der Waals surface area contributed by atoms with Gasteiger partial charge in [0, 0.05) is 7.05 Å². The van der Waals surface area contributed by atoms with Gasteiger partial charge in [0.25, 0.3) is 0 Å². The zero-order valence-corrected chi connectivity index (χ0v) is 19.1. The van der Waals surface area contributed by atoms with Crippen LogP contribution in [0.3, 0.4) is 0 Å². The number of anilines is 2. The number of rotatable bonds is 10. The van der Waals surface area contributed by atoms with E-state index in [9.17, 15) is 18.0 Å². The van der Waals surface area contributed by atoms with Crippen LogP contribution in [0.15, 0.2) is 8.68 Å². The smallest absolute Gasteiger partial charge is 0.241 e. The van der Waals surface area contributed by atoms with Crippen LogP contribution in [0.2, 0.25) is 0 Å². The van der Waals surface area contributed by atoms with E-state index >= 15 is 0 Å². The SMILES string of the molecule is CCSc1nnc(NC(=O)CSc2nnc(NC(=O)CN(C)S(C)(=O)=O)s2)s1. The number of nitrogens with zero attached hydrogens (tertiary/aromatic N) is 5. The van der Waals surface area contributed by atoms with Crippen molar-refractivity contribution in [1.29, 1.82) is 0 Å². The van der Waals surface area contributed by atoms with E-state index in [-0.39, 0.29) is 23.3 Å². The molecule has 2 heterocycles. The average molecular weight is 484 g/mol. The van der Waals surface area contributed by atoms with Crippen molar-refractivity contribution in [3.05, 3.63) is 0 Å². The summed E-state index contributed by atoms with van der Waals surface area (Å²) in [6, 6.07) is 0. The van der Waals surface area contributed by atoms with Crippen LogP contribution in [0.5, 0.6) is 0 Å². The summed E-state index contributed by atoms with van der Waals surface area (Å²) < 4.78 is 24.8. The van der Waals surface area contributed by atoms with Crippen LogP contribution in [-0.2, 0) is 19.6 Å². The van der Waals surface area contributed by atoms with Crippen molar-refractivity contribution in [2.45, 2.75) is 15.6 Å². The summed E-state index contributed by atoms with van der Waals surface area (Å²) in [6.45, 7) is 1.67. The van der Waals surface area contributed by atoms with Crippen LogP contribution in [0.4, 0.5) is 10.3 Å². The zero-order valence-electron chi connectivity index (χ0n) is 15.0. The molecule has 0 aromatic carbocycles. The lowest BCUT2D eigenvalue weighted by molar-refractivity contribution is -0.116. The van der Waals surface area contributed by atoms with Crippen molar-refractivity contribution in [3.63, 3.8) is 0 Å². The van der Waals surface area contributed by atoms with Crippen molar-refractivity contribution in [3.8, 4) is 0 Å². The lowest BCUT2D eigenvalue weighted by atomic mass is 10.6. The standard InChI is InChI=1S/C12H17N7O4S5/c1-4-24-11-17-16-10(26-11)14-8(21)6-25-12-18-15-9(27-12)13-7(20)5-19(2)28(3,22)23/h4-6H2,1-3H3,(H,13,15,20)(H,14,16,21). The Hall–Kier alpha value is -1.33. The lowest BCUT2D eigenvalue weighted by Gasteiger charge is -2.12. The van der Waals surface area contributed by atoms with Gasteiger partial charge in [0.1, 0.15) is 0 Å². The number of likely N-dealkylation sites (N-methyl/N-ethyl adjacent to an activating group) is 1. The first-order chi connectivity index (χ1) is 13.2. The topological polar surface area (TPSA) is 147 Å². The van der Waals surface area contributed by atoms with E-state index in [0.29, 0.717) is 9.47 Å². The van der Waals surface area contributed by atoms with E-state index < -0.39 is 15.9 Å². The minimum Gasteiger partial charge on any atom is -0.300 e. The van der Waals surface area contributed by atoms with E-state index in [1.807, 2.05) is 6.92 Å². The summed E-state index contributed by atoms with van der Waals surface area (Å²) in [7, 11) is -2.15. The Morgan fingerprint density at radius 3 is 2.07 bits per heavy atom. The van der Waals surface area contributed by atoms with Gasteiger partial charge in [-0.2, -0.15) is 4.31 Å². The third kappa shape index (κ3) is 7.59. The van der Waals surface area contributed by atoms with Gasteiger partial charge in [-0.1, -0.05) is 53.1 Å². The maximum absolute atomic E-state index is 12.0.